The first-order valence-corrected chi connectivity index (χ1v) is 7.65. The lowest BCUT2D eigenvalue weighted by atomic mass is 10.4. The Balaban J connectivity index is 4.13. The monoisotopic (exact) mass is 250 g/mol. The van der Waals surface area contributed by atoms with Crippen LogP contribution in [-0.4, -0.2) is 43.6 Å². The minimum atomic E-state index is -3.08. The van der Waals surface area contributed by atoms with Crippen LogP contribution < -0.4 is 5.32 Å². The third kappa shape index (κ3) is 5.82. The average molecular weight is 250 g/mol. The maximum absolute atomic E-state index is 11.9. The lowest BCUT2D eigenvalue weighted by Crippen LogP contribution is -2.39. The highest BCUT2D eigenvalue weighted by atomic mass is 32.2. The molecule has 0 unspecified atom stereocenters. The van der Waals surface area contributed by atoms with E-state index in [1.165, 1.54) is 0 Å². The molecule has 5 heteroatoms. The van der Waals surface area contributed by atoms with Crippen LogP contribution in [0.15, 0.2) is 0 Å². The van der Waals surface area contributed by atoms with Gasteiger partial charge in [0.05, 0.1) is 5.75 Å². The Hall–Kier alpha value is -0.130. The second-order valence-electron chi connectivity index (χ2n) is 4.58. The van der Waals surface area contributed by atoms with Crippen molar-refractivity contribution in [1.29, 1.82) is 0 Å². The molecule has 0 aliphatic heterocycles. The van der Waals surface area contributed by atoms with Crippen LogP contribution in [0, 0.1) is 0 Å². The van der Waals surface area contributed by atoms with Crippen molar-refractivity contribution in [2.45, 2.75) is 53.1 Å². The smallest absolute Gasteiger partial charge is 0.214 e. The Bertz CT molecular complexity index is 274. The number of nitrogens with zero attached hydrogens (tertiary/aromatic N) is 1. The molecule has 0 spiro atoms. The van der Waals surface area contributed by atoms with E-state index in [0.29, 0.717) is 19.0 Å². The summed E-state index contributed by atoms with van der Waals surface area (Å²) in [6, 6.07) is 0.461. The fraction of sp³-hybridized carbons (Fsp3) is 1.00. The van der Waals surface area contributed by atoms with Crippen LogP contribution in [0.3, 0.4) is 0 Å². The summed E-state index contributed by atoms with van der Waals surface area (Å²) in [6.07, 6.45) is 0.670. The quantitative estimate of drug-likeness (QED) is 0.663. The van der Waals surface area contributed by atoms with Gasteiger partial charge in [-0.1, -0.05) is 20.8 Å². The second-order valence-corrected chi connectivity index (χ2v) is 6.62. The van der Waals surface area contributed by atoms with E-state index >= 15 is 0 Å². The summed E-state index contributed by atoms with van der Waals surface area (Å²) in [7, 11) is -3.08. The Morgan fingerprint density at radius 1 is 1.19 bits per heavy atom. The molecule has 0 saturated heterocycles. The van der Waals surface area contributed by atoms with Crippen LogP contribution in [-0.2, 0) is 10.0 Å². The SMILES string of the molecule is CCN(C(C)C)S(=O)(=O)CCCNC(C)C. The van der Waals surface area contributed by atoms with Gasteiger partial charge < -0.3 is 5.32 Å². The van der Waals surface area contributed by atoms with Gasteiger partial charge in [-0.3, -0.25) is 0 Å². The summed E-state index contributed by atoms with van der Waals surface area (Å²) in [5, 5.41) is 3.22. The van der Waals surface area contributed by atoms with Gasteiger partial charge in [0.1, 0.15) is 0 Å². The van der Waals surface area contributed by atoms with E-state index in [2.05, 4.69) is 19.2 Å². The highest BCUT2D eigenvalue weighted by molar-refractivity contribution is 7.89. The number of rotatable bonds is 8. The van der Waals surface area contributed by atoms with E-state index in [4.69, 9.17) is 0 Å². The summed E-state index contributed by atoms with van der Waals surface area (Å²) in [6.45, 7) is 11.1. The van der Waals surface area contributed by atoms with Crippen molar-refractivity contribution in [2.75, 3.05) is 18.8 Å². The van der Waals surface area contributed by atoms with E-state index in [-0.39, 0.29) is 11.8 Å². The van der Waals surface area contributed by atoms with Gasteiger partial charge in [0.15, 0.2) is 0 Å². The predicted molar refractivity (Wildman–Crippen MR) is 69.1 cm³/mol. The third-order valence-electron chi connectivity index (χ3n) is 2.38. The zero-order valence-electron chi connectivity index (χ0n) is 11.2. The van der Waals surface area contributed by atoms with Crippen molar-refractivity contribution in [1.82, 2.24) is 9.62 Å². The van der Waals surface area contributed by atoms with Crippen molar-refractivity contribution < 1.29 is 8.42 Å². The van der Waals surface area contributed by atoms with Crippen molar-refractivity contribution in [2.24, 2.45) is 0 Å². The van der Waals surface area contributed by atoms with Gasteiger partial charge in [-0.25, -0.2) is 8.42 Å². The highest BCUT2D eigenvalue weighted by Gasteiger charge is 2.22. The average Bonchev–Trinajstić information content (AvgIpc) is 2.12. The molecule has 0 aromatic heterocycles. The van der Waals surface area contributed by atoms with E-state index in [1.807, 2.05) is 20.8 Å². The fourth-order valence-electron chi connectivity index (χ4n) is 1.65. The van der Waals surface area contributed by atoms with Gasteiger partial charge in [-0.2, -0.15) is 4.31 Å². The maximum atomic E-state index is 11.9. The molecule has 0 aliphatic carbocycles. The van der Waals surface area contributed by atoms with Gasteiger partial charge in [0, 0.05) is 18.6 Å². The second kappa shape index (κ2) is 7.25. The number of nitrogens with one attached hydrogen (secondary N) is 1. The summed E-state index contributed by atoms with van der Waals surface area (Å²) in [5.74, 6) is 0.235. The zero-order valence-corrected chi connectivity index (χ0v) is 12.0. The lowest BCUT2D eigenvalue weighted by Gasteiger charge is -2.24. The topological polar surface area (TPSA) is 49.4 Å². The first-order chi connectivity index (χ1) is 7.31. The molecule has 1 N–H and O–H groups in total. The molecule has 0 saturated carbocycles. The standard InChI is InChI=1S/C11H26N2O2S/c1-6-13(11(4)5)16(14,15)9-7-8-12-10(2)3/h10-12H,6-9H2,1-5H3. The van der Waals surface area contributed by atoms with Gasteiger partial charge >= 0.3 is 0 Å². The van der Waals surface area contributed by atoms with E-state index in [1.54, 1.807) is 4.31 Å². The maximum Gasteiger partial charge on any atom is 0.214 e. The molecule has 0 radical (unpaired) electrons. The van der Waals surface area contributed by atoms with E-state index < -0.39 is 10.0 Å². The van der Waals surface area contributed by atoms with Crippen LogP contribution in [0.4, 0.5) is 0 Å². The molecule has 0 amide bonds. The van der Waals surface area contributed by atoms with Gasteiger partial charge in [-0.05, 0) is 26.8 Å². The van der Waals surface area contributed by atoms with Crippen LogP contribution in [0.2, 0.25) is 0 Å². The molecule has 0 fully saturated rings. The van der Waals surface area contributed by atoms with Crippen molar-refractivity contribution >= 4 is 10.0 Å². The lowest BCUT2D eigenvalue weighted by molar-refractivity contribution is 0.368. The van der Waals surface area contributed by atoms with E-state index in [0.717, 1.165) is 6.54 Å². The summed E-state index contributed by atoms with van der Waals surface area (Å²) in [5.41, 5.74) is 0. The zero-order chi connectivity index (χ0) is 12.8. The Kier molecular flexibility index (Phi) is 7.19. The van der Waals surface area contributed by atoms with Crippen molar-refractivity contribution in [3.05, 3.63) is 0 Å². The molecule has 0 rings (SSSR count). The summed E-state index contributed by atoms with van der Waals surface area (Å²) in [4.78, 5) is 0. The third-order valence-corrected chi connectivity index (χ3v) is 4.58. The largest absolute Gasteiger partial charge is 0.314 e. The number of hydrogen-bond acceptors (Lipinski definition) is 3. The molecule has 0 aromatic rings. The Morgan fingerprint density at radius 2 is 1.75 bits per heavy atom. The van der Waals surface area contributed by atoms with Gasteiger partial charge in [0.2, 0.25) is 10.0 Å². The van der Waals surface area contributed by atoms with Crippen LogP contribution in [0.1, 0.15) is 41.0 Å². The summed E-state index contributed by atoms with van der Waals surface area (Å²) >= 11 is 0. The summed E-state index contributed by atoms with van der Waals surface area (Å²) < 4.78 is 25.5. The molecular formula is C11H26N2O2S. The van der Waals surface area contributed by atoms with Crippen LogP contribution >= 0.6 is 0 Å². The van der Waals surface area contributed by atoms with Crippen molar-refractivity contribution in [3.63, 3.8) is 0 Å². The normalized spacial score (nSPS) is 13.0. The fourth-order valence-corrected chi connectivity index (χ4v) is 3.43. The minimum Gasteiger partial charge on any atom is -0.314 e. The minimum absolute atomic E-state index is 0.0491. The highest BCUT2D eigenvalue weighted by Crippen LogP contribution is 2.07. The molecule has 0 heterocycles. The predicted octanol–water partition coefficient (Wildman–Crippen LogP) is 1.43. The molecule has 0 aliphatic rings. The molecule has 0 atom stereocenters. The molecular weight excluding hydrogens is 224 g/mol. The molecule has 0 aromatic carbocycles. The van der Waals surface area contributed by atoms with Gasteiger partial charge in [-0.15, -0.1) is 0 Å². The van der Waals surface area contributed by atoms with Crippen molar-refractivity contribution in [3.8, 4) is 0 Å². The first kappa shape index (κ1) is 15.9. The van der Waals surface area contributed by atoms with Gasteiger partial charge in [0.25, 0.3) is 0 Å². The molecule has 4 nitrogen and oxygen atoms in total. The van der Waals surface area contributed by atoms with E-state index in [9.17, 15) is 8.42 Å². The molecule has 98 valence electrons. The molecule has 16 heavy (non-hydrogen) atoms. The molecule has 0 bridgehead atoms. The van der Waals surface area contributed by atoms with Crippen LogP contribution in [0.25, 0.3) is 0 Å². The Labute approximate surface area is 100 Å². The Morgan fingerprint density at radius 3 is 2.12 bits per heavy atom. The number of hydrogen-bond donors (Lipinski definition) is 1. The van der Waals surface area contributed by atoms with Crippen LogP contribution in [0.5, 0.6) is 0 Å². The number of sulfonamides is 1. The first-order valence-electron chi connectivity index (χ1n) is 6.04.